The predicted octanol–water partition coefficient (Wildman–Crippen LogP) is 2.27. The number of methoxy groups -OCH3 is 1. The zero-order valence-corrected chi connectivity index (χ0v) is 15.1. The topological polar surface area (TPSA) is 74.8 Å². The molecule has 0 atom stereocenters. The minimum absolute atomic E-state index is 0.296. The molecule has 0 aliphatic carbocycles. The van der Waals surface area contributed by atoms with Gasteiger partial charge in [0.05, 0.1) is 18.4 Å². The molecule has 0 saturated carbocycles. The third kappa shape index (κ3) is 4.05. The fourth-order valence-corrected chi connectivity index (χ4v) is 2.91. The molecular weight excluding hydrogens is 356 g/mol. The largest absolute Gasteiger partial charge is 0.495 e. The molecule has 0 spiro atoms. The number of pyridine rings is 1. The van der Waals surface area contributed by atoms with Crippen molar-refractivity contribution < 1.29 is 14.3 Å². The Kier molecular flexibility index (Phi) is 5.58. The Morgan fingerprint density at radius 1 is 1.23 bits per heavy atom. The van der Waals surface area contributed by atoms with Gasteiger partial charge >= 0.3 is 0 Å². The van der Waals surface area contributed by atoms with E-state index in [0.717, 1.165) is 25.3 Å². The molecule has 0 radical (unpaired) electrons. The Labute approximate surface area is 156 Å². The summed E-state index contributed by atoms with van der Waals surface area (Å²) in [6.07, 6.45) is 2.40. The maximum Gasteiger partial charge on any atom is 0.257 e. The normalized spacial score (nSPS) is 14.1. The molecule has 1 saturated heterocycles. The first-order valence-electron chi connectivity index (χ1n) is 8.16. The van der Waals surface area contributed by atoms with E-state index in [1.165, 1.54) is 13.3 Å². The second-order valence-corrected chi connectivity index (χ2v) is 6.27. The Balaban J connectivity index is 1.68. The van der Waals surface area contributed by atoms with Gasteiger partial charge in [-0.25, -0.2) is 4.98 Å². The van der Waals surface area contributed by atoms with Gasteiger partial charge in [-0.2, -0.15) is 0 Å². The van der Waals surface area contributed by atoms with Crippen molar-refractivity contribution >= 4 is 35.4 Å². The molecule has 26 heavy (non-hydrogen) atoms. The van der Waals surface area contributed by atoms with Gasteiger partial charge in [-0.05, 0) is 30.3 Å². The average Bonchev–Trinajstić information content (AvgIpc) is 2.68. The molecule has 1 aliphatic heterocycles. The maximum absolute atomic E-state index is 12.5. The monoisotopic (exact) mass is 374 g/mol. The first-order valence-corrected chi connectivity index (χ1v) is 8.54. The van der Waals surface area contributed by atoms with Crippen LogP contribution in [0.15, 0.2) is 36.5 Å². The van der Waals surface area contributed by atoms with Crippen LogP contribution in [0.3, 0.4) is 0 Å². The minimum atomic E-state index is -0.296. The van der Waals surface area contributed by atoms with E-state index in [2.05, 4.69) is 15.2 Å². The number of hydrogen-bond donors (Lipinski definition) is 1. The molecule has 7 nitrogen and oxygen atoms in total. The molecule has 2 amide bonds. The third-order valence-electron chi connectivity index (χ3n) is 4.21. The van der Waals surface area contributed by atoms with Crippen molar-refractivity contribution in [1.82, 2.24) is 9.88 Å². The highest BCUT2D eigenvalue weighted by atomic mass is 35.5. The molecule has 2 heterocycles. The average molecular weight is 375 g/mol. The van der Waals surface area contributed by atoms with E-state index in [-0.39, 0.29) is 5.91 Å². The number of nitrogens with zero attached hydrogens (tertiary/aromatic N) is 3. The molecule has 1 aromatic carbocycles. The van der Waals surface area contributed by atoms with E-state index in [1.807, 2.05) is 0 Å². The zero-order chi connectivity index (χ0) is 18.5. The summed E-state index contributed by atoms with van der Waals surface area (Å²) in [6, 6.07) is 8.54. The van der Waals surface area contributed by atoms with Crippen LogP contribution in [0.1, 0.15) is 10.4 Å². The van der Waals surface area contributed by atoms with Crippen LogP contribution in [-0.4, -0.2) is 55.5 Å². The number of carbonyl (C=O) groups is 2. The van der Waals surface area contributed by atoms with Gasteiger partial charge < -0.3 is 19.9 Å². The van der Waals surface area contributed by atoms with E-state index < -0.39 is 0 Å². The van der Waals surface area contributed by atoms with Crippen molar-refractivity contribution in [2.75, 3.05) is 43.5 Å². The summed E-state index contributed by atoms with van der Waals surface area (Å²) in [6.45, 7) is 2.78. The highest BCUT2D eigenvalue weighted by Gasteiger charge is 2.17. The number of halogens is 1. The number of carbonyl (C=O) groups excluding carboxylic acids is 2. The fourth-order valence-electron chi connectivity index (χ4n) is 2.74. The lowest BCUT2D eigenvalue weighted by molar-refractivity contribution is -0.118. The number of anilines is 2. The number of amides is 2. The van der Waals surface area contributed by atoms with Gasteiger partial charge in [0.15, 0.2) is 0 Å². The molecular formula is C18H19ClN4O3. The van der Waals surface area contributed by atoms with Crippen molar-refractivity contribution in [3.63, 3.8) is 0 Å². The Morgan fingerprint density at radius 3 is 2.62 bits per heavy atom. The molecule has 1 N–H and O–H groups in total. The molecule has 8 heteroatoms. The van der Waals surface area contributed by atoms with Crippen molar-refractivity contribution in [2.24, 2.45) is 0 Å². The molecule has 1 aliphatic rings. The summed E-state index contributed by atoms with van der Waals surface area (Å²) in [4.78, 5) is 31.4. The van der Waals surface area contributed by atoms with Crippen molar-refractivity contribution in [1.29, 1.82) is 0 Å². The summed E-state index contributed by atoms with van der Waals surface area (Å²) < 4.78 is 5.23. The van der Waals surface area contributed by atoms with Gasteiger partial charge in [0.25, 0.3) is 5.91 Å². The first-order chi connectivity index (χ1) is 12.6. The standard InChI is InChI=1S/C18H19ClN4O3/c1-26-16-4-3-14(19)10-15(16)21-18(25)13-2-5-17(20-11-13)23-8-6-22(12-24)7-9-23/h2-5,10-12H,6-9H2,1H3,(H,21,25). The number of rotatable bonds is 5. The molecule has 0 unspecified atom stereocenters. The number of piperazine rings is 1. The van der Waals surface area contributed by atoms with Gasteiger partial charge in [0.2, 0.25) is 6.41 Å². The lowest BCUT2D eigenvalue weighted by Crippen LogP contribution is -2.46. The van der Waals surface area contributed by atoms with Crippen LogP contribution in [0.25, 0.3) is 0 Å². The molecule has 3 rings (SSSR count). The highest BCUT2D eigenvalue weighted by molar-refractivity contribution is 6.31. The number of ether oxygens (including phenoxy) is 1. The molecule has 0 bridgehead atoms. The van der Waals surface area contributed by atoms with E-state index in [4.69, 9.17) is 16.3 Å². The summed E-state index contributed by atoms with van der Waals surface area (Å²) in [5.74, 6) is 1.02. The third-order valence-corrected chi connectivity index (χ3v) is 4.44. The summed E-state index contributed by atoms with van der Waals surface area (Å²) in [5.41, 5.74) is 0.932. The van der Waals surface area contributed by atoms with E-state index in [1.54, 1.807) is 35.2 Å². The van der Waals surface area contributed by atoms with E-state index >= 15 is 0 Å². The number of hydrogen-bond acceptors (Lipinski definition) is 5. The second kappa shape index (κ2) is 8.05. The number of nitrogens with one attached hydrogen (secondary N) is 1. The molecule has 2 aromatic rings. The lowest BCUT2D eigenvalue weighted by Gasteiger charge is -2.33. The fraction of sp³-hybridized carbons (Fsp3) is 0.278. The van der Waals surface area contributed by atoms with Gasteiger partial charge in [0.1, 0.15) is 11.6 Å². The highest BCUT2D eigenvalue weighted by Crippen LogP contribution is 2.28. The molecule has 1 aromatic heterocycles. The van der Waals surface area contributed by atoms with E-state index in [9.17, 15) is 9.59 Å². The zero-order valence-electron chi connectivity index (χ0n) is 14.3. The lowest BCUT2D eigenvalue weighted by atomic mass is 10.2. The summed E-state index contributed by atoms with van der Waals surface area (Å²) >= 11 is 5.98. The second-order valence-electron chi connectivity index (χ2n) is 5.83. The Bertz CT molecular complexity index is 790. The van der Waals surface area contributed by atoms with Crippen LogP contribution in [0.5, 0.6) is 5.75 Å². The Morgan fingerprint density at radius 2 is 2.00 bits per heavy atom. The quantitative estimate of drug-likeness (QED) is 0.813. The first kappa shape index (κ1) is 18.0. The van der Waals surface area contributed by atoms with Gasteiger partial charge in [0, 0.05) is 37.4 Å². The van der Waals surface area contributed by atoms with Crippen LogP contribution >= 0.6 is 11.6 Å². The van der Waals surface area contributed by atoms with Crippen molar-refractivity contribution in [3.05, 3.63) is 47.1 Å². The molecule has 136 valence electrons. The summed E-state index contributed by atoms with van der Waals surface area (Å²) in [5, 5.41) is 3.29. The van der Waals surface area contributed by atoms with Crippen LogP contribution in [0.2, 0.25) is 5.02 Å². The van der Waals surface area contributed by atoms with Gasteiger partial charge in [-0.3, -0.25) is 9.59 Å². The Hall–Kier alpha value is -2.80. The number of benzene rings is 1. The van der Waals surface area contributed by atoms with Crippen LogP contribution in [0.4, 0.5) is 11.5 Å². The van der Waals surface area contributed by atoms with Gasteiger partial charge in [-0.15, -0.1) is 0 Å². The number of aromatic nitrogens is 1. The van der Waals surface area contributed by atoms with E-state index in [0.29, 0.717) is 35.1 Å². The predicted molar refractivity (Wildman–Crippen MR) is 100 cm³/mol. The maximum atomic E-state index is 12.5. The van der Waals surface area contributed by atoms with Gasteiger partial charge in [-0.1, -0.05) is 11.6 Å². The van der Waals surface area contributed by atoms with Crippen LogP contribution in [-0.2, 0) is 4.79 Å². The SMILES string of the molecule is COc1ccc(Cl)cc1NC(=O)c1ccc(N2CCN(C=O)CC2)nc1. The van der Waals surface area contributed by atoms with Crippen molar-refractivity contribution in [2.45, 2.75) is 0 Å². The summed E-state index contributed by atoms with van der Waals surface area (Å²) in [7, 11) is 1.53. The minimum Gasteiger partial charge on any atom is -0.495 e. The smallest absolute Gasteiger partial charge is 0.257 e. The molecule has 1 fully saturated rings. The van der Waals surface area contributed by atoms with Crippen LogP contribution in [0, 0.1) is 0 Å². The van der Waals surface area contributed by atoms with Crippen LogP contribution < -0.4 is 15.0 Å². The van der Waals surface area contributed by atoms with Crippen molar-refractivity contribution in [3.8, 4) is 5.75 Å².